The summed E-state index contributed by atoms with van der Waals surface area (Å²) in [5.74, 6) is 1.51. The van der Waals surface area contributed by atoms with E-state index in [1.165, 1.54) is 19.4 Å². The summed E-state index contributed by atoms with van der Waals surface area (Å²) in [6, 6.07) is 10.4. The van der Waals surface area contributed by atoms with Crippen LogP contribution in [0.1, 0.15) is 5.69 Å². The normalized spacial score (nSPS) is 9.61. The molecule has 0 bridgehead atoms. The highest BCUT2D eigenvalue weighted by Gasteiger charge is 2.08. The van der Waals surface area contributed by atoms with Gasteiger partial charge in [-0.3, -0.25) is 0 Å². The summed E-state index contributed by atoms with van der Waals surface area (Å²) >= 11 is 5.78. The van der Waals surface area contributed by atoms with Gasteiger partial charge in [0, 0.05) is 11.1 Å². The van der Waals surface area contributed by atoms with Crippen molar-refractivity contribution in [2.75, 3.05) is 7.11 Å². The van der Waals surface area contributed by atoms with Crippen LogP contribution in [0.15, 0.2) is 36.5 Å². The van der Waals surface area contributed by atoms with Crippen LogP contribution >= 0.6 is 11.6 Å². The lowest BCUT2D eigenvalue weighted by Crippen LogP contribution is -1.93. The third-order valence-corrected chi connectivity index (χ3v) is 2.46. The topological polar surface area (TPSA) is 55.1 Å². The maximum Gasteiger partial charge on any atom is 0.187 e. The Morgan fingerprint density at radius 2 is 1.94 bits per heavy atom. The summed E-state index contributed by atoms with van der Waals surface area (Å²) in [5, 5.41) is 9.38. The third kappa shape index (κ3) is 2.70. The van der Waals surface area contributed by atoms with E-state index in [0.717, 1.165) is 0 Å². The van der Waals surface area contributed by atoms with E-state index in [1.54, 1.807) is 24.3 Å². The number of pyridine rings is 1. The van der Waals surface area contributed by atoms with Crippen molar-refractivity contribution in [2.45, 2.75) is 0 Å². The van der Waals surface area contributed by atoms with Gasteiger partial charge in [-0.05, 0) is 24.3 Å². The number of methoxy groups -OCH3 is 1. The Labute approximate surface area is 109 Å². The molecular formula is C13H9ClN2O2. The van der Waals surface area contributed by atoms with E-state index in [9.17, 15) is 0 Å². The van der Waals surface area contributed by atoms with Crippen molar-refractivity contribution in [3.8, 4) is 23.3 Å². The molecule has 0 amide bonds. The molecule has 90 valence electrons. The van der Waals surface area contributed by atoms with E-state index in [4.69, 9.17) is 26.3 Å². The number of aromatic nitrogens is 1. The van der Waals surface area contributed by atoms with Crippen LogP contribution in [0.3, 0.4) is 0 Å². The van der Waals surface area contributed by atoms with E-state index in [2.05, 4.69) is 4.98 Å². The highest BCUT2D eigenvalue weighted by molar-refractivity contribution is 6.30. The van der Waals surface area contributed by atoms with Crippen LogP contribution in [0.5, 0.6) is 17.2 Å². The lowest BCUT2D eigenvalue weighted by atomic mass is 10.3. The maximum atomic E-state index is 8.75. The number of benzene rings is 1. The highest BCUT2D eigenvalue weighted by Crippen LogP contribution is 2.31. The molecule has 0 aliphatic heterocycles. The first-order chi connectivity index (χ1) is 8.72. The first kappa shape index (κ1) is 12.2. The van der Waals surface area contributed by atoms with Gasteiger partial charge in [0.1, 0.15) is 17.5 Å². The molecular weight excluding hydrogens is 252 g/mol. The summed E-state index contributed by atoms with van der Waals surface area (Å²) in [4.78, 5) is 3.93. The van der Waals surface area contributed by atoms with Gasteiger partial charge in [-0.1, -0.05) is 11.6 Å². The minimum atomic E-state index is 0.273. The summed E-state index contributed by atoms with van der Waals surface area (Å²) < 4.78 is 10.7. The molecule has 0 saturated carbocycles. The lowest BCUT2D eigenvalue weighted by Gasteiger charge is -2.09. The van der Waals surface area contributed by atoms with Crippen LogP contribution in [0.2, 0.25) is 5.02 Å². The third-order valence-electron chi connectivity index (χ3n) is 2.21. The zero-order valence-electron chi connectivity index (χ0n) is 9.55. The fourth-order valence-electron chi connectivity index (χ4n) is 1.35. The summed E-state index contributed by atoms with van der Waals surface area (Å²) in [5.41, 5.74) is 0.273. The molecule has 2 aromatic rings. The smallest absolute Gasteiger partial charge is 0.187 e. The Bertz CT molecular complexity index is 591. The molecule has 0 fully saturated rings. The minimum absolute atomic E-state index is 0.273. The van der Waals surface area contributed by atoms with Crippen molar-refractivity contribution in [2.24, 2.45) is 0 Å². The van der Waals surface area contributed by atoms with E-state index in [1.807, 2.05) is 6.07 Å². The maximum absolute atomic E-state index is 8.75. The van der Waals surface area contributed by atoms with Crippen LogP contribution in [0.25, 0.3) is 0 Å². The van der Waals surface area contributed by atoms with E-state index in [-0.39, 0.29) is 5.69 Å². The van der Waals surface area contributed by atoms with Crippen molar-refractivity contribution in [3.05, 3.63) is 47.2 Å². The fraction of sp³-hybridized carbons (Fsp3) is 0.0769. The number of nitrogens with zero attached hydrogens (tertiary/aromatic N) is 2. The van der Waals surface area contributed by atoms with Gasteiger partial charge in [0.25, 0.3) is 0 Å². The second kappa shape index (κ2) is 5.39. The molecule has 5 heteroatoms. The molecule has 0 aliphatic carbocycles. The molecule has 4 nitrogen and oxygen atoms in total. The quantitative estimate of drug-likeness (QED) is 0.849. The average molecular weight is 261 g/mol. The van der Waals surface area contributed by atoms with Crippen LogP contribution in [-0.4, -0.2) is 12.1 Å². The average Bonchev–Trinajstić information content (AvgIpc) is 2.41. The Hall–Kier alpha value is -2.25. The van der Waals surface area contributed by atoms with Gasteiger partial charge in [-0.25, -0.2) is 4.98 Å². The van der Waals surface area contributed by atoms with Gasteiger partial charge in [-0.2, -0.15) is 5.26 Å². The van der Waals surface area contributed by atoms with Crippen molar-refractivity contribution in [3.63, 3.8) is 0 Å². The fourth-order valence-corrected chi connectivity index (χ4v) is 1.48. The molecule has 2 rings (SSSR count). The Morgan fingerprint density at radius 3 is 2.56 bits per heavy atom. The highest BCUT2D eigenvalue weighted by atomic mass is 35.5. The number of hydrogen-bond donors (Lipinski definition) is 0. The van der Waals surface area contributed by atoms with Gasteiger partial charge >= 0.3 is 0 Å². The van der Waals surface area contributed by atoms with Gasteiger partial charge < -0.3 is 9.47 Å². The number of ether oxygens (including phenoxy) is 2. The predicted octanol–water partition coefficient (Wildman–Crippen LogP) is 3.41. The first-order valence-electron chi connectivity index (χ1n) is 5.10. The molecule has 0 spiro atoms. The summed E-state index contributed by atoms with van der Waals surface area (Å²) in [6.07, 6.45) is 1.45. The second-order valence-corrected chi connectivity index (χ2v) is 3.82. The standard InChI is InChI=1S/C13H9ClN2O2/c1-17-12-6-10(7-15)16-8-13(12)18-11-4-2-9(14)3-5-11/h2-6,8H,1H3. The molecule has 0 unspecified atom stereocenters. The van der Waals surface area contributed by atoms with Gasteiger partial charge in [0.15, 0.2) is 11.5 Å². The molecule has 0 atom stereocenters. The van der Waals surface area contributed by atoms with Crippen molar-refractivity contribution >= 4 is 11.6 Å². The molecule has 1 aromatic heterocycles. The summed E-state index contributed by atoms with van der Waals surface area (Å²) in [6.45, 7) is 0. The predicted molar refractivity (Wildman–Crippen MR) is 67.0 cm³/mol. The van der Waals surface area contributed by atoms with E-state index >= 15 is 0 Å². The number of halogens is 1. The van der Waals surface area contributed by atoms with Gasteiger partial charge in [0.2, 0.25) is 0 Å². The van der Waals surface area contributed by atoms with Crippen LogP contribution < -0.4 is 9.47 Å². The van der Waals surface area contributed by atoms with E-state index < -0.39 is 0 Å². The summed E-state index contributed by atoms with van der Waals surface area (Å²) in [7, 11) is 1.51. The van der Waals surface area contributed by atoms with Gasteiger partial charge in [0.05, 0.1) is 13.3 Å². The van der Waals surface area contributed by atoms with Crippen molar-refractivity contribution in [1.82, 2.24) is 4.98 Å². The number of hydrogen-bond acceptors (Lipinski definition) is 4. The number of rotatable bonds is 3. The molecule has 0 aliphatic rings. The Morgan fingerprint density at radius 1 is 1.22 bits per heavy atom. The molecule has 0 saturated heterocycles. The largest absolute Gasteiger partial charge is 0.493 e. The molecule has 0 radical (unpaired) electrons. The Kier molecular flexibility index (Phi) is 3.66. The van der Waals surface area contributed by atoms with Crippen LogP contribution in [-0.2, 0) is 0 Å². The molecule has 0 N–H and O–H groups in total. The van der Waals surface area contributed by atoms with Crippen LogP contribution in [0.4, 0.5) is 0 Å². The van der Waals surface area contributed by atoms with Crippen molar-refractivity contribution in [1.29, 1.82) is 5.26 Å². The first-order valence-corrected chi connectivity index (χ1v) is 5.48. The monoisotopic (exact) mass is 260 g/mol. The Balaban J connectivity index is 2.29. The number of nitriles is 1. The van der Waals surface area contributed by atoms with Crippen LogP contribution in [0, 0.1) is 11.3 Å². The molecule has 18 heavy (non-hydrogen) atoms. The van der Waals surface area contributed by atoms with Gasteiger partial charge in [-0.15, -0.1) is 0 Å². The zero-order chi connectivity index (χ0) is 13.0. The van der Waals surface area contributed by atoms with E-state index in [0.29, 0.717) is 22.3 Å². The zero-order valence-corrected chi connectivity index (χ0v) is 10.3. The molecule has 1 heterocycles. The minimum Gasteiger partial charge on any atom is -0.493 e. The lowest BCUT2D eigenvalue weighted by molar-refractivity contribution is 0.377. The molecule has 1 aromatic carbocycles. The SMILES string of the molecule is COc1cc(C#N)ncc1Oc1ccc(Cl)cc1. The van der Waals surface area contributed by atoms with Crippen molar-refractivity contribution < 1.29 is 9.47 Å². The second-order valence-electron chi connectivity index (χ2n) is 3.39.